The highest BCUT2D eigenvalue weighted by Gasteiger charge is 2.27. The van der Waals surface area contributed by atoms with E-state index in [4.69, 9.17) is 0 Å². The average Bonchev–Trinajstić information content (AvgIpc) is 3.10. The Balaban J connectivity index is 1.55. The van der Waals surface area contributed by atoms with Crippen LogP contribution in [-0.2, 0) is 0 Å². The van der Waals surface area contributed by atoms with Crippen molar-refractivity contribution in [3.63, 3.8) is 0 Å². The molecule has 1 aromatic carbocycles. The molecule has 132 valence electrons. The van der Waals surface area contributed by atoms with Gasteiger partial charge in [0.05, 0.1) is 5.69 Å². The van der Waals surface area contributed by atoms with Gasteiger partial charge in [-0.25, -0.2) is 4.68 Å². The number of nitrogens with zero attached hydrogens (tertiary/aromatic N) is 4. The third-order valence-corrected chi connectivity index (χ3v) is 5.01. The van der Waals surface area contributed by atoms with Crippen molar-refractivity contribution in [1.82, 2.24) is 19.7 Å². The predicted molar refractivity (Wildman–Crippen MR) is 100 cm³/mol. The second-order valence-corrected chi connectivity index (χ2v) is 6.81. The summed E-state index contributed by atoms with van der Waals surface area (Å²) in [5, 5.41) is 4.57. The van der Waals surface area contributed by atoms with Crippen molar-refractivity contribution in [3.05, 3.63) is 77.9 Å². The summed E-state index contributed by atoms with van der Waals surface area (Å²) in [6, 6.07) is 14.0. The summed E-state index contributed by atoms with van der Waals surface area (Å²) < 4.78 is 1.78. The topological polar surface area (TPSA) is 51.0 Å². The predicted octanol–water partition coefficient (Wildman–Crippen LogP) is 3.60. The molecular weight excluding hydrogens is 324 g/mol. The van der Waals surface area contributed by atoms with Crippen LogP contribution in [0.2, 0.25) is 0 Å². The molecule has 5 nitrogen and oxygen atoms in total. The lowest BCUT2D eigenvalue weighted by Crippen LogP contribution is -2.39. The monoisotopic (exact) mass is 346 g/mol. The molecule has 0 radical (unpaired) electrons. The number of piperidine rings is 1. The summed E-state index contributed by atoms with van der Waals surface area (Å²) in [4.78, 5) is 19.1. The van der Waals surface area contributed by atoms with E-state index in [1.807, 2.05) is 72.9 Å². The van der Waals surface area contributed by atoms with Gasteiger partial charge in [-0.1, -0.05) is 18.2 Å². The lowest BCUT2D eigenvalue weighted by atomic mass is 9.91. The van der Waals surface area contributed by atoms with Crippen LogP contribution in [0.1, 0.15) is 40.4 Å². The van der Waals surface area contributed by atoms with E-state index in [2.05, 4.69) is 10.1 Å². The molecular formula is C21H22N4O. The molecule has 4 rings (SSSR count). The fourth-order valence-corrected chi connectivity index (χ4v) is 3.60. The maximum Gasteiger partial charge on any atom is 0.274 e. The molecule has 0 N–H and O–H groups in total. The Kier molecular flexibility index (Phi) is 4.52. The lowest BCUT2D eigenvalue weighted by Gasteiger charge is -2.32. The molecule has 0 spiro atoms. The van der Waals surface area contributed by atoms with Crippen molar-refractivity contribution in [2.45, 2.75) is 25.7 Å². The van der Waals surface area contributed by atoms with Gasteiger partial charge in [0.1, 0.15) is 0 Å². The van der Waals surface area contributed by atoms with Crippen molar-refractivity contribution in [3.8, 4) is 5.69 Å². The summed E-state index contributed by atoms with van der Waals surface area (Å²) in [7, 11) is 0. The highest BCUT2D eigenvalue weighted by Crippen LogP contribution is 2.27. The van der Waals surface area contributed by atoms with Crippen LogP contribution in [0.25, 0.3) is 5.69 Å². The van der Waals surface area contributed by atoms with Gasteiger partial charge in [0, 0.05) is 43.2 Å². The van der Waals surface area contributed by atoms with Crippen molar-refractivity contribution in [2.75, 3.05) is 13.1 Å². The first kappa shape index (κ1) is 16.5. The summed E-state index contributed by atoms with van der Waals surface area (Å²) in [5.74, 6) is 0.392. The van der Waals surface area contributed by atoms with E-state index in [-0.39, 0.29) is 5.91 Å². The molecule has 5 heteroatoms. The molecule has 0 bridgehead atoms. The SMILES string of the molecule is Cc1cn(-c2ccccc2)nc1C(=O)N1CCCC(c2ccncc2)C1. The first-order valence-electron chi connectivity index (χ1n) is 9.03. The van der Waals surface area contributed by atoms with Crippen LogP contribution >= 0.6 is 0 Å². The zero-order valence-corrected chi connectivity index (χ0v) is 14.9. The van der Waals surface area contributed by atoms with Gasteiger partial charge >= 0.3 is 0 Å². The molecule has 1 fully saturated rings. The van der Waals surface area contributed by atoms with E-state index in [9.17, 15) is 4.79 Å². The zero-order chi connectivity index (χ0) is 17.9. The summed E-state index contributed by atoms with van der Waals surface area (Å²) >= 11 is 0. The second-order valence-electron chi connectivity index (χ2n) is 6.81. The number of carbonyl (C=O) groups excluding carboxylic acids is 1. The number of hydrogen-bond acceptors (Lipinski definition) is 3. The minimum absolute atomic E-state index is 0.0240. The fourth-order valence-electron chi connectivity index (χ4n) is 3.60. The number of benzene rings is 1. The van der Waals surface area contributed by atoms with E-state index in [0.29, 0.717) is 11.6 Å². The minimum Gasteiger partial charge on any atom is -0.337 e. The Hall–Kier alpha value is -2.95. The zero-order valence-electron chi connectivity index (χ0n) is 14.9. The van der Waals surface area contributed by atoms with E-state index < -0.39 is 0 Å². The summed E-state index contributed by atoms with van der Waals surface area (Å²) in [6.07, 6.45) is 7.68. The minimum atomic E-state index is 0.0240. The molecule has 1 aliphatic rings. The second kappa shape index (κ2) is 7.12. The summed E-state index contributed by atoms with van der Waals surface area (Å²) in [6.45, 7) is 3.47. The number of para-hydroxylation sites is 1. The standard InChI is InChI=1S/C21H22N4O/c1-16-14-25(19-7-3-2-4-8-19)23-20(16)21(26)24-13-5-6-18(15-24)17-9-11-22-12-10-17/h2-4,7-12,14,18H,5-6,13,15H2,1H3. The molecule has 1 amide bonds. The quantitative estimate of drug-likeness (QED) is 0.728. The smallest absolute Gasteiger partial charge is 0.274 e. The average molecular weight is 346 g/mol. The normalized spacial score (nSPS) is 17.3. The first-order valence-corrected chi connectivity index (χ1v) is 9.03. The number of aryl methyl sites for hydroxylation is 1. The van der Waals surface area contributed by atoms with Crippen molar-refractivity contribution in [1.29, 1.82) is 0 Å². The molecule has 0 saturated carbocycles. The van der Waals surface area contributed by atoms with Gasteiger partial charge in [-0.15, -0.1) is 0 Å². The van der Waals surface area contributed by atoms with Crippen molar-refractivity contribution < 1.29 is 4.79 Å². The van der Waals surface area contributed by atoms with Gasteiger partial charge in [0.25, 0.3) is 5.91 Å². The molecule has 1 unspecified atom stereocenters. The maximum atomic E-state index is 13.1. The van der Waals surface area contributed by atoms with E-state index >= 15 is 0 Å². The van der Waals surface area contributed by atoms with E-state index in [1.54, 1.807) is 4.68 Å². The highest BCUT2D eigenvalue weighted by molar-refractivity contribution is 5.93. The van der Waals surface area contributed by atoms with Crippen LogP contribution in [0.5, 0.6) is 0 Å². The van der Waals surface area contributed by atoms with Crippen LogP contribution < -0.4 is 0 Å². The molecule has 3 aromatic rings. The van der Waals surface area contributed by atoms with Crippen molar-refractivity contribution in [2.24, 2.45) is 0 Å². The van der Waals surface area contributed by atoms with Gasteiger partial charge < -0.3 is 4.90 Å². The Morgan fingerprint density at radius 2 is 1.88 bits per heavy atom. The molecule has 1 atom stereocenters. The van der Waals surface area contributed by atoms with Gasteiger partial charge in [-0.2, -0.15) is 5.10 Å². The third kappa shape index (κ3) is 3.25. The molecule has 26 heavy (non-hydrogen) atoms. The number of hydrogen-bond donors (Lipinski definition) is 0. The number of amides is 1. The van der Waals surface area contributed by atoms with Gasteiger partial charge in [0.2, 0.25) is 0 Å². The third-order valence-electron chi connectivity index (χ3n) is 5.01. The van der Waals surface area contributed by atoms with Gasteiger partial charge in [-0.05, 0) is 49.6 Å². The fraction of sp³-hybridized carbons (Fsp3) is 0.286. The number of carbonyl (C=O) groups is 1. The van der Waals surface area contributed by atoms with Crippen LogP contribution in [-0.4, -0.2) is 38.7 Å². The Morgan fingerprint density at radius 1 is 1.12 bits per heavy atom. The molecule has 1 aliphatic heterocycles. The van der Waals surface area contributed by atoms with Crippen molar-refractivity contribution >= 4 is 5.91 Å². The number of likely N-dealkylation sites (tertiary alicyclic amines) is 1. The van der Waals surface area contributed by atoms with Gasteiger partial charge in [-0.3, -0.25) is 9.78 Å². The largest absolute Gasteiger partial charge is 0.337 e. The van der Waals surface area contributed by atoms with Crippen LogP contribution in [0, 0.1) is 6.92 Å². The summed E-state index contributed by atoms with van der Waals surface area (Å²) in [5.41, 5.74) is 3.67. The Morgan fingerprint density at radius 3 is 2.65 bits per heavy atom. The maximum absolute atomic E-state index is 13.1. The molecule has 3 heterocycles. The molecule has 2 aromatic heterocycles. The number of rotatable bonds is 3. The highest BCUT2D eigenvalue weighted by atomic mass is 16.2. The lowest BCUT2D eigenvalue weighted by molar-refractivity contribution is 0.0700. The number of aromatic nitrogens is 3. The van der Waals surface area contributed by atoms with Crippen LogP contribution in [0.3, 0.4) is 0 Å². The van der Waals surface area contributed by atoms with Gasteiger partial charge in [0.15, 0.2) is 5.69 Å². The Bertz CT molecular complexity index is 889. The van der Waals surface area contributed by atoms with Crippen LogP contribution in [0.15, 0.2) is 61.1 Å². The molecule has 0 aliphatic carbocycles. The Labute approximate surface area is 153 Å². The van der Waals surface area contributed by atoms with E-state index in [1.165, 1.54) is 5.56 Å². The number of pyridine rings is 1. The molecule has 1 saturated heterocycles. The van der Waals surface area contributed by atoms with E-state index in [0.717, 1.165) is 37.2 Å². The first-order chi connectivity index (χ1) is 12.7. The van der Waals surface area contributed by atoms with Crippen LogP contribution in [0.4, 0.5) is 0 Å².